The second-order valence-corrected chi connectivity index (χ2v) is 6.01. The number of nitrogens with zero attached hydrogens (tertiary/aromatic N) is 1. The molecule has 0 amide bonds. The minimum absolute atomic E-state index is 0. The Kier molecular flexibility index (Phi) is 15.1. The fourth-order valence-corrected chi connectivity index (χ4v) is 2.51. The largest absolute Gasteiger partial charge is 0.466 e. The lowest BCUT2D eigenvalue weighted by Crippen LogP contribution is -2.38. The van der Waals surface area contributed by atoms with E-state index < -0.39 is 0 Å². The van der Waals surface area contributed by atoms with Crippen LogP contribution in [0.15, 0.2) is 35.3 Å². The zero-order valence-corrected chi connectivity index (χ0v) is 18.6. The summed E-state index contributed by atoms with van der Waals surface area (Å²) in [6, 6.07) is 10.6. The molecule has 0 bridgehead atoms. The number of halogens is 1. The monoisotopic (exact) mass is 475 g/mol. The molecule has 0 aromatic heterocycles. The van der Waals surface area contributed by atoms with Crippen molar-refractivity contribution in [2.75, 3.05) is 19.7 Å². The van der Waals surface area contributed by atoms with Crippen LogP contribution in [0.2, 0.25) is 0 Å². The predicted octanol–water partition coefficient (Wildman–Crippen LogP) is 4.43. The number of hydrogen-bond acceptors (Lipinski definition) is 3. The Morgan fingerprint density at radius 3 is 2.46 bits per heavy atom. The number of esters is 1. The van der Waals surface area contributed by atoms with E-state index in [2.05, 4.69) is 41.6 Å². The van der Waals surface area contributed by atoms with Crippen molar-refractivity contribution in [2.45, 2.75) is 58.9 Å². The van der Waals surface area contributed by atoms with Crippen LogP contribution in [0.1, 0.15) is 64.5 Å². The molecule has 0 saturated heterocycles. The molecule has 26 heavy (non-hydrogen) atoms. The summed E-state index contributed by atoms with van der Waals surface area (Å²) in [5.74, 6) is 0.763. The second-order valence-electron chi connectivity index (χ2n) is 6.01. The molecule has 1 aromatic rings. The maximum Gasteiger partial charge on any atom is 0.305 e. The van der Waals surface area contributed by atoms with Gasteiger partial charge in [0.1, 0.15) is 0 Å². The average Bonchev–Trinajstić information content (AvgIpc) is 2.62. The minimum Gasteiger partial charge on any atom is -0.466 e. The van der Waals surface area contributed by atoms with Gasteiger partial charge in [-0.3, -0.25) is 9.79 Å². The number of nitrogens with one attached hydrogen (secondary N) is 2. The van der Waals surface area contributed by atoms with Crippen molar-refractivity contribution in [2.24, 2.45) is 4.99 Å². The Hall–Kier alpha value is -1.31. The summed E-state index contributed by atoms with van der Waals surface area (Å²) in [5.41, 5.74) is 1.24. The molecule has 0 saturated carbocycles. The molecule has 0 aliphatic rings. The Bertz CT molecular complexity index is 509. The smallest absolute Gasteiger partial charge is 0.305 e. The molecule has 1 unspecified atom stereocenters. The average molecular weight is 475 g/mol. The van der Waals surface area contributed by atoms with E-state index in [0.717, 1.165) is 44.7 Å². The first kappa shape index (κ1) is 24.7. The number of guanidine groups is 1. The maximum absolute atomic E-state index is 11.3. The molecule has 0 spiro atoms. The highest BCUT2D eigenvalue weighted by molar-refractivity contribution is 14.0. The second kappa shape index (κ2) is 15.9. The van der Waals surface area contributed by atoms with Crippen LogP contribution >= 0.6 is 24.0 Å². The molecular formula is C20H34IN3O2. The predicted molar refractivity (Wildman–Crippen MR) is 119 cm³/mol. The third-order valence-corrected chi connectivity index (χ3v) is 3.86. The van der Waals surface area contributed by atoms with E-state index in [9.17, 15) is 4.79 Å². The molecule has 0 radical (unpaired) electrons. The van der Waals surface area contributed by atoms with Crippen molar-refractivity contribution >= 4 is 35.9 Å². The summed E-state index contributed by atoms with van der Waals surface area (Å²) in [6.07, 6.45) is 4.57. The summed E-state index contributed by atoms with van der Waals surface area (Å²) >= 11 is 0. The Morgan fingerprint density at radius 1 is 1.12 bits per heavy atom. The van der Waals surface area contributed by atoms with E-state index in [1.807, 2.05) is 25.1 Å². The van der Waals surface area contributed by atoms with Crippen LogP contribution in [0.3, 0.4) is 0 Å². The van der Waals surface area contributed by atoms with Gasteiger partial charge in [0.15, 0.2) is 5.96 Å². The van der Waals surface area contributed by atoms with Crippen LogP contribution in [0.4, 0.5) is 0 Å². The fraction of sp³-hybridized carbons (Fsp3) is 0.600. The number of rotatable bonds is 11. The van der Waals surface area contributed by atoms with Gasteiger partial charge in [0.25, 0.3) is 0 Å². The van der Waals surface area contributed by atoms with Crippen LogP contribution < -0.4 is 10.6 Å². The van der Waals surface area contributed by atoms with Gasteiger partial charge in [-0.1, -0.05) is 43.2 Å². The summed E-state index contributed by atoms with van der Waals surface area (Å²) in [4.78, 5) is 15.9. The molecule has 148 valence electrons. The highest BCUT2D eigenvalue weighted by Crippen LogP contribution is 2.10. The number of aliphatic imine (C=N–C) groups is 1. The molecular weight excluding hydrogens is 441 g/mol. The molecule has 0 aliphatic heterocycles. The summed E-state index contributed by atoms with van der Waals surface area (Å²) in [5, 5.41) is 6.73. The van der Waals surface area contributed by atoms with Gasteiger partial charge in [0, 0.05) is 19.5 Å². The normalized spacial score (nSPS) is 12.0. The number of hydrogen-bond donors (Lipinski definition) is 2. The van der Waals surface area contributed by atoms with Gasteiger partial charge in [-0.15, -0.1) is 24.0 Å². The van der Waals surface area contributed by atoms with Crippen molar-refractivity contribution in [3.63, 3.8) is 0 Å². The SMILES string of the molecule is CCNC(=NCCCCCCC(=O)OCC)NC(C)c1ccccc1.I. The van der Waals surface area contributed by atoms with E-state index in [4.69, 9.17) is 4.74 Å². The molecule has 2 N–H and O–H groups in total. The molecule has 1 rings (SSSR count). The Balaban J connectivity index is 0.00000625. The van der Waals surface area contributed by atoms with Crippen molar-refractivity contribution in [3.8, 4) is 0 Å². The molecule has 6 heteroatoms. The van der Waals surface area contributed by atoms with Crippen molar-refractivity contribution < 1.29 is 9.53 Å². The topological polar surface area (TPSA) is 62.7 Å². The van der Waals surface area contributed by atoms with Gasteiger partial charge < -0.3 is 15.4 Å². The number of carbonyl (C=O) groups is 1. The summed E-state index contributed by atoms with van der Waals surface area (Å²) in [6.45, 7) is 8.14. The van der Waals surface area contributed by atoms with Crippen molar-refractivity contribution in [3.05, 3.63) is 35.9 Å². The number of ether oxygens (including phenoxy) is 1. The van der Waals surface area contributed by atoms with E-state index in [1.54, 1.807) is 0 Å². The summed E-state index contributed by atoms with van der Waals surface area (Å²) < 4.78 is 4.92. The van der Waals surface area contributed by atoms with Crippen molar-refractivity contribution in [1.29, 1.82) is 0 Å². The summed E-state index contributed by atoms with van der Waals surface area (Å²) in [7, 11) is 0. The first-order valence-corrected chi connectivity index (χ1v) is 9.42. The van der Waals surface area contributed by atoms with E-state index in [1.165, 1.54) is 5.56 Å². The molecule has 1 atom stereocenters. The third-order valence-electron chi connectivity index (χ3n) is 3.86. The first-order chi connectivity index (χ1) is 12.2. The number of carbonyl (C=O) groups excluding carboxylic acids is 1. The molecule has 0 fully saturated rings. The van der Waals surface area contributed by atoms with Gasteiger partial charge in [-0.25, -0.2) is 0 Å². The highest BCUT2D eigenvalue weighted by atomic mass is 127. The quantitative estimate of drug-likeness (QED) is 0.163. The lowest BCUT2D eigenvalue weighted by Gasteiger charge is -2.18. The van der Waals surface area contributed by atoms with Crippen LogP contribution in [0, 0.1) is 0 Å². The number of benzene rings is 1. The van der Waals surface area contributed by atoms with Gasteiger partial charge in [-0.05, 0) is 39.2 Å². The van der Waals surface area contributed by atoms with Gasteiger partial charge in [-0.2, -0.15) is 0 Å². The lowest BCUT2D eigenvalue weighted by molar-refractivity contribution is -0.143. The van der Waals surface area contributed by atoms with Gasteiger partial charge in [0.2, 0.25) is 0 Å². The zero-order chi connectivity index (χ0) is 18.3. The molecule has 1 aromatic carbocycles. The zero-order valence-electron chi connectivity index (χ0n) is 16.3. The number of unbranched alkanes of at least 4 members (excludes halogenated alkanes) is 3. The molecule has 0 heterocycles. The molecule has 0 aliphatic carbocycles. The Labute approximate surface area is 175 Å². The first-order valence-electron chi connectivity index (χ1n) is 9.42. The lowest BCUT2D eigenvalue weighted by atomic mass is 10.1. The van der Waals surface area contributed by atoms with Gasteiger partial charge >= 0.3 is 5.97 Å². The van der Waals surface area contributed by atoms with E-state index in [-0.39, 0.29) is 36.0 Å². The van der Waals surface area contributed by atoms with E-state index >= 15 is 0 Å². The van der Waals surface area contributed by atoms with Crippen molar-refractivity contribution in [1.82, 2.24) is 10.6 Å². The molecule has 5 nitrogen and oxygen atoms in total. The highest BCUT2D eigenvalue weighted by Gasteiger charge is 2.06. The van der Waals surface area contributed by atoms with Gasteiger partial charge in [0.05, 0.1) is 12.6 Å². The van der Waals surface area contributed by atoms with Crippen LogP contribution in [0.5, 0.6) is 0 Å². The van der Waals surface area contributed by atoms with E-state index in [0.29, 0.717) is 13.0 Å². The Morgan fingerprint density at radius 2 is 1.81 bits per heavy atom. The minimum atomic E-state index is -0.0888. The fourth-order valence-electron chi connectivity index (χ4n) is 2.51. The van der Waals surface area contributed by atoms with Crippen LogP contribution in [-0.4, -0.2) is 31.6 Å². The van der Waals surface area contributed by atoms with Crippen LogP contribution in [0.25, 0.3) is 0 Å². The van der Waals surface area contributed by atoms with Crippen LogP contribution in [-0.2, 0) is 9.53 Å². The standard InChI is InChI=1S/C20H33N3O2.HI/c1-4-21-20(23-17(3)18-13-9-8-10-14-18)22-16-12-7-6-11-15-19(24)25-5-2;/h8-10,13-14,17H,4-7,11-12,15-16H2,1-3H3,(H2,21,22,23);1H. The maximum atomic E-state index is 11.3. The third kappa shape index (κ3) is 11.3.